The van der Waals surface area contributed by atoms with Crippen molar-refractivity contribution in [2.75, 3.05) is 60.0 Å². The monoisotopic (exact) mass is 546 g/mol. The lowest BCUT2D eigenvalue weighted by molar-refractivity contribution is -0.280. The largest absolute Gasteiger partial charge is 0.466 e. The number of likely N-dealkylation sites (tertiary alicyclic amines) is 1. The maximum Gasteiger partial charge on any atom is 0.371 e. The van der Waals surface area contributed by atoms with E-state index in [4.69, 9.17) is 14.2 Å². The molecule has 0 amide bonds. The van der Waals surface area contributed by atoms with E-state index in [0.717, 1.165) is 12.8 Å². The molecule has 0 N–H and O–H groups in total. The number of esters is 2. The molecule has 0 aromatic heterocycles. The smallest absolute Gasteiger partial charge is 0.371 e. The number of carbonyl (C=O) groups is 2. The molecule has 2 saturated heterocycles. The fourth-order valence-electron chi connectivity index (χ4n) is 5.38. The molecule has 1 atom stereocenters. The molecule has 0 bridgehead atoms. The molecule has 3 aliphatic rings. The Morgan fingerprint density at radius 2 is 1.43 bits per heavy atom. The Labute approximate surface area is 222 Å². The Hall–Kier alpha value is -1.31. The molecule has 3 fully saturated rings. The second kappa shape index (κ2) is 12.3. The first kappa shape index (κ1) is 30.2. The summed E-state index contributed by atoms with van der Waals surface area (Å²) in [5.74, 6) is -2.23. The van der Waals surface area contributed by atoms with Gasteiger partial charge in [-0.3, -0.25) is 14.6 Å². The molecule has 3 rings (SSSR count). The van der Waals surface area contributed by atoms with E-state index in [1.807, 2.05) is 25.7 Å². The van der Waals surface area contributed by atoms with E-state index in [1.165, 1.54) is 22.7 Å². The normalized spacial score (nSPS) is 26.7. The zero-order valence-corrected chi connectivity index (χ0v) is 24.2. The second-order valence-electron chi connectivity index (χ2n) is 11.3. The second-order valence-corrected chi connectivity index (χ2v) is 13.5. The molecule has 11 nitrogen and oxygen atoms in total. The van der Waals surface area contributed by atoms with Crippen LogP contribution < -0.4 is 0 Å². The molecule has 1 saturated carbocycles. The predicted octanol–water partition coefficient (Wildman–Crippen LogP) is 1.64. The van der Waals surface area contributed by atoms with Gasteiger partial charge in [-0.2, -0.15) is 17.0 Å². The van der Waals surface area contributed by atoms with Crippen molar-refractivity contribution in [2.24, 2.45) is 5.92 Å². The molecular formula is C25H46N4O7S. The molecule has 214 valence electrons. The maximum absolute atomic E-state index is 14.0. The Morgan fingerprint density at radius 1 is 0.892 bits per heavy atom. The number of hydrogen-bond acceptors (Lipinski definition) is 9. The first-order valence-electron chi connectivity index (χ1n) is 13.6. The van der Waals surface area contributed by atoms with Crippen molar-refractivity contribution in [1.29, 1.82) is 0 Å². The number of hydrogen-bond donors (Lipinski definition) is 0. The minimum absolute atomic E-state index is 0.151. The van der Waals surface area contributed by atoms with Gasteiger partial charge in [-0.15, -0.1) is 0 Å². The van der Waals surface area contributed by atoms with Crippen LogP contribution in [-0.2, 0) is 34.0 Å². The fourth-order valence-corrected chi connectivity index (χ4v) is 6.47. The number of piperazine rings is 1. The van der Waals surface area contributed by atoms with E-state index in [9.17, 15) is 18.0 Å². The van der Waals surface area contributed by atoms with E-state index in [2.05, 4.69) is 4.90 Å². The molecule has 37 heavy (non-hydrogen) atoms. The van der Waals surface area contributed by atoms with Gasteiger partial charge in [-0.25, -0.2) is 4.79 Å². The highest BCUT2D eigenvalue weighted by Gasteiger charge is 2.56. The van der Waals surface area contributed by atoms with Gasteiger partial charge in [0.15, 0.2) is 0 Å². The lowest BCUT2D eigenvalue weighted by atomic mass is 9.87. The van der Waals surface area contributed by atoms with Crippen molar-refractivity contribution >= 4 is 22.1 Å². The van der Waals surface area contributed by atoms with Gasteiger partial charge in [0.25, 0.3) is 16.1 Å². The number of ether oxygens (including phenoxy) is 3. The van der Waals surface area contributed by atoms with Gasteiger partial charge in [0, 0.05) is 53.4 Å². The summed E-state index contributed by atoms with van der Waals surface area (Å²) < 4.78 is 46.1. The fraction of sp³-hybridized carbons (Fsp3) is 0.920. The highest BCUT2D eigenvalue weighted by Crippen LogP contribution is 2.37. The number of nitrogens with zero attached hydrogens (tertiary/aromatic N) is 4. The molecule has 0 spiro atoms. The summed E-state index contributed by atoms with van der Waals surface area (Å²) in [4.78, 5) is 30.3. The molecular weight excluding hydrogens is 500 g/mol. The van der Waals surface area contributed by atoms with Gasteiger partial charge >= 0.3 is 11.9 Å². The third-order valence-corrected chi connectivity index (χ3v) is 9.22. The van der Waals surface area contributed by atoms with Crippen LogP contribution in [0.3, 0.4) is 0 Å². The van der Waals surface area contributed by atoms with Crippen LogP contribution in [0.2, 0.25) is 0 Å². The summed E-state index contributed by atoms with van der Waals surface area (Å²) in [5.41, 5.74) is -0.719. The van der Waals surface area contributed by atoms with E-state index in [-0.39, 0.29) is 31.1 Å². The van der Waals surface area contributed by atoms with Gasteiger partial charge in [-0.1, -0.05) is 0 Å². The van der Waals surface area contributed by atoms with Crippen LogP contribution in [0.5, 0.6) is 0 Å². The number of carbonyl (C=O) groups excluding carboxylic acids is 2. The highest BCUT2D eigenvalue weighted by molar-refractivity contribution is 7.86. The minimum Gasteiger partial charge on any atom is -0.466 e. The summed E-state index contributed by atoms with van der Waals surface area (Å²) in [5, 5.41) is 0. The Bertz CT molecular complexity index is 885. The lowest BCUT2D eigenvalue weighted by Crippen LogP contribution is -2.71. The van der Waals surface area contributed by atoms with Crippen molar-refractivity contribution in [3.8, 4) is 0 Å². The third-order valence-electron chi connectivity index (χ3n) is 7.28. The van der Waals surface area contributed by atoms with Crippen LogP contribution >= 0.6 is 0 Å². The number of rotatable bonds is 9. The summed E-state index contributed by atoms with van der Waals surface area (Å²) in [6.45, 7) is 10.2. The SMILES string of the molecule is CCOC(=O)[C@H]1CC[C@H](OC(C(=O)OC(C)(C)C)(N2CCCC2)N2CCN(S(=O)(=O)N(C)C)CC2)CC1. The zero-order valence-electron chi connectivity index (χ0n) is 23.4. The van der Waals surface area contributed by atoms with Crippen molar-refractivity contribution < 1.29 is 32.2 Å². The van der Waals surface area contributed by atoms with Crippen LogP contribution in [0.4, 0.5) is 0 Å². The molecule has 12 heteroatoms. The van der Waals surface area contributed by atoms with E-state index in [0.29, 0.717) is 58.5 Å². The van der Waals surface area contributed by atoms with Crippen LogP contribution in [0, 0.1) is 5.92 Å². The van der Waals surface area contributed by atoms with Crippen LogP contribution in [-0.4, -0.2) is 116 Å². The Kier molecular flexibility index (Phi) is 10.0. The van der Waals surface area contributed by atoms with Gasteiger partial charge in [0.1, 0.15) is 5.60 Å². The van der Waals surface area contributed by atoms with Gasteiger partial charge in [0.05, 0.1) is 18.6 Å². The van der Waals surface area contributed by atoms with Gasteiger partial charge in [-0.05, 0) is 66.2 Å². The summed E-state index contributed by atoms with van der Waals surface area (Å²) in [6.07, 6.45) is 4.21. The van der Waals surface area contributed by atoms with Crippen molar-refractivity contribution in [3.05, 3.63) is 0 Å². The van der Waals surface area contributed by atoms with Gasteiger partial charge < -0.3 is 14.2 Å². The highest BCUT2D eigenvalue weighted by atomic mass is 32.2. The summed E-state index contributed by atoms with van der Waals surface area (Å²) in [6, 6.07) is 0. The topological polar surface area (TPSA) is 109 Å². The average molecular weight is 547 g/mol. The van der Waals surface area contributed by atoms with Crippen LogP contribution in [0.15, 0.2) is 0 Å². The van der Waals surface area contributed by atoms with Gasteiger partial charge in [0.2, 0.25) is 0 Å². The maximum atomic E-state index is 14.0. The minimum atomic E-state index is -3.56. The van der Waals surface area contributed by atoms with E-state index < -0.39 is 27.6 Å². The molecule has 0 radical (unpaired) electrons. The molecule has 0 aromatic carbocycles. The van der Waals surface area contributed by atoms with Crippen molar-refractivity contribution in [1.82, 2.24) is 18.4 Å². The lowest BCUT2D eigenvalue weighted by Gasteiger charge is -2.51. The average Bonchev–Trinajstić information content (AvgIpc) is 3.37. The van der Waals surface area contributed by atoms with Crippen molar-refractivity contribution in [2.45, 2.75) is 83.8 Å². The van der Waals surface area contributed by atoms with Crippen LogP contribution in [0.25, 0.3) is 0 Å². The van der Waals surface area contributed by atoms with Crippen molar-refractivity contribution in [3.63, 3.8) is 0 Å². The predicted molar refractivity (Wildman–Crippen MR) is 139 cm³/mol. The van der Waals surface area contributed by atoms with E-state index in [1.54, 1.807) is 6.92 Å². The molecule has 1 aliphatic carbocycles. The zero-order chi connectivity index (χ0) is 27.4. The van der Waals surface area contributed by atoms with Crippen LogP contribution in [0.1, 0.15) is 66.2 Å². The summed E-state index contributed by atoms with van der Waals surface area (Å²) >= 11 is 0. The quantitative estimate of drug-likeness (QED) is 0.399. The van der Waals surface area contributed by atoms with E-state index >= 15 is 0 Å². The first-order valence-corrected chi connectivity index (χ1v) is 15.0. The Morgan fingerprint density at radius 3 is 1.92 bits per heavy atom. The standard InChI is InChI=1S/C25H46N4O7S/c1-7-34-22(30)20-10-12-21(13-11-20)35-25(27-14-8-9-15-27,23(31)36-24(2,3)4)28-16-18-29(19-17-28)37(32,33)26(5)6/h20-21H,7-19H2,1-6H3/t20-,21-,25?. The first-order chi connectivity index (χ1) is 17.3. The summed E-state index contributed by atoms with van der Waals surface area (Å²) in [7, 11) is -0.517. The molecule has 0 aromatic rings. The molecule has 2 heterocycles. The molecule has 1 unspecified atom stereocenters. The Balaban J connectivity index is 1.87. The molecule has 2 aliphatic heterocycles. The third kappa shape index (κ3) is 7.02.